The average molecular weight is 1280 g/mol. The fraction of sp³-hybridized carbons (Fsp3) is 0.882. The van der Waals surface area contributed by atoms with E-state index >= 15 is 0 Å². The minimum absolute atomic E-state index is 0.0834. The van der Waals surface area contributed by atoms with Crippen LogP contribution in [-0.4, -0.2) is 96.7 Å². The third-order valence-corrected chi connectivity index (χ3v) is 17.6. The second kappa shape index (κ2) is 58.6. The first-order valence-electron chi connectivity index (χ1n) is 34.7. The molecule has 0 amide bonds. The fourth-order valence-corrected chi connectivity index (χ4v) is 11.2. The summed E-state index contributed by atoms with van der Waals surface area (Å²) in [4.78, 5) is 72.4. The summed E-state index contributed by atoms with van der Waals surface area (Å²) in [5.74, 6) is 0.0235. The van der Waals surface area contributed by atoms with Crippen molar-refractivity contribution in [3.63, 3.8) is 0 Å². The number of phosphoric ester groups is 2. The van der Waals surface area contributed by atoms with Crippen molar-refractivity contribution >= 4 is 39.5 Å². The Morgan fingerprint density at radius 1 is 0.379 bits per heavy atom. The van der Waals surface area contributed by atoms with Gasteiger partial charge in [0.1, 0.15) is 19.3 Å². The van der Waals surface area contributed by atoms with E-state index < -0.39 is 97.5 Å². The third-order valence-electron chi connectivity index (χ3n) is 15.7. The smallest absolute Gasteiger partial charge is 0.462 e. The van der Waals surface area contributed by atoms with Crippen molar-refractivity contribution in [2.45, 2.75) is 330 Å². The molecule has 87 heavy (non-hydrogen) atoms. The van der Waals surface area contributed by atoms with Crippen LogP contribution in [-0.2, 0) is 65.4 Å². The van der Waals surface area contributed by atoms with Gasteiger partial charge in [-0.1, -0.05) is 259 Å². The maximum Gasteiger partial charge on any atom is 0.472 e. The molecule has 0 aliphatic heterocycles. The highest BCUT2D eigenvalue weighted by atomic mass is 31.2. The van der Waals surface area contributed by atoms with Gasteiger partial charge in [0.15, 0.2) is 12.2 Å². The van der Waals surface area contributed by atoms with Crippen molar-refractivity contribution in [1.82, 2.24) is 0 Å². The number of carbonyl (C=O) groups excluding carboxylic acids is 4. The maximum atomic E-state index is 13.0. The molecule has 512 valence electrons. The number of aliphatic hydroxyl groups is 1. The molecule has 0 radical (unpaired) electrons. The van der Waals surface area contributed by atoms with E-state index in [1.54, 1.807) is 0 Å². The highest BCUT2D eigenvalue weighted by molar-refractivity contribution is 7.47. The first-order chi connectivity index (χ1) is 41.8. The molecule has 19 heteroatoms. The molecule has 0 saturated carbocycles. The van der Waals surface area contributed by atoms with E-state index in [1.807, 2.05) is 0 Å². The highest BCUT2D eigenvalue weighted by Crippen LogP contribution is 2.45. The highest BCUT2D eigenvalue weighted by Gasteiger charge is 2.30. The summed E-state index contributed by atoms with van der Waals surface area (Å²) in [6.07, 6.45) is 44.0. The molecule has 0 aromatic rings. The molecule has 4 unspecified atom stereocenters. The van der Waals surface area contributed by atoms with Gasteiger partial charge in [0.05, 0.1) is 26.4 Å². The zero-order valence-electron chi connectivity index (χ0n) is 56.0. The van der Waals surface area contributed by atoms with Crippen LogP contribution >= 0.6 is 15.6 Å². The lowest BCUT2D eigenvalue weighted by atomic mass is 10.00. The lowest BCUT2D eigenvalue weighted by molar-refractivity contribution is -0.161. The summed E-state index contributed by atoms with van der Waals surface area (Å²) < 4.78 is 68.1. The lowest BCUT2D eigenvalue weighted by Gasteiger charge is -2.21. The zero-order valence-corrected chi connectivity index (χ0v) is 57.7. The summed E-state index contributed by atoms with van der Waals surface area (Å²) in [7, 11) is -9.91. The van der Waals surface area contributed by atoms with Crippen molar-refractivity contribution < 1.29 is 80.2 Å². The van der Waals surface area contributed by atoms with Crippen LogP contribution < -0.4 is 0 Å². The van der Waals surface area contributed by atoms with E-state index in [0.29, 0.717) is 25.7 Å². The molecule has 0 fully saturated rings. The van der Waals surface area contributed by atoms with Gasteiger partial charge in [-0.2, -0.15) is 0 Å². The molecule has 0 bridgehead atoms. The summed E-state index contributed by atoms with van der Waals surface area (Å²) in [5, 5.41) is 10.6. The Hall–Kier alpha value is -2.46. The van der Waals surface area contributed by atoms with E-state index in [-0.39, 0.29) is 25.7 Å². The first-order valence-corrected chi connectivity index (χ1v) is 37.7. The summed E-state index contributed by atoms with van der Waals surface area (Å²) in [5.41, 5.74) is 0. The Morgan fingerprint density at radius 3 is 1.02 bits per heavy atom. The monoisotopic (exact) mass is 1280 g/mol. The van der Waals surface area contributed by atoms with Crippen molar-refractivity contribution in [3.8, 4) is 0 Å². The molecular formula is C68H128O17P2. The Balaban J connectivity index is 5.29. The van der Waals surface area contributed by atoms with Crippen molar-refractivity contribution in [2.24, 2.45) is 17.8 Å². The van der Waals surface area contributed by atoms with Crippen molar-refractivity contribution in [3.05, 3.63) is 24.3 Å². The van der Waals surface area contributed by atoms with E-state index in [9.17, 15) is 43.2 Å². The van der Waals surface area contributed by atoms with Crippen LogP contribution in [0.1, 0.15) is 312 Å². The predicted octanol–water partition coefficient (Wildman–Crippen LogP) is 18.6. The molecule has 0 saturated heterocycles. The van der Waals surface area contributed by atoms with Crippen LogP contribution in [0.2, 0.25) is 0 Å². The van der Waals surface area contributed by atoms with Gasteiger partial charge in [0.25, 0.3) is 0 Å². The summed E-state index contributed by atoms with van der Waals surface area (Å²) in [6, 6.07) is 0. The van der Waals surface area contributed by atoms with Crippen molar-refractivity contribution in [1.29, 1.82) is 0 Å². The van der Waals surface area contributed by atoms with E-state index in [2.05, 4.69) is 72.8 Å². The molecule has 7 atom stereocenters. The number of hydrogen-bond acceptors (Lipinski definition) is 15. The van der Waals surface area contributed by atoms with Gasteiger partial charge in [-0.25, -0.2) is 9.13 Å². The number of esters is 4. The topological polar surface area (TPSA) is 237 Å². The number of allylic oxidation sites excluding steroid dienone is 4. The average Bonchev–Trinajstić information content (AvgIpc) is 3.70. The Labute approximate surface area is 529 Å². The minimum atomic E-state index is -4.96. The number of aliphatic hydroxyl groups excluding tert-OH is 1. The fourth-order valence-electron chi connectivity index (χ4n) is 9.58. The van der Waals surface area contributed by atoms with Crippen LogP contribution in [0.3, 0.4) is 0 Å². The Bertz CT molecular complexity index is 1810. The SMILES string of the molecule is CCCCCC/C=C\C=C/CCCCCCCC(=O)O[C@H](COC(=O)CCCCCCCCC(C)CC)COP(=O)(O)OC[C@H](O)COP(=O)(O)OC[C@@H](COC(=O)CCCCCCCCCCCC(C)C)OC(=O)CCCCCCCCC(C)CC. The normalized spacial score (nSPS) is 15.1. The molecule has 0 rings (SSSR count). The number of phosphoric acid groups is 2. The maximum absolute atomic E-state index is 13.0. The van der Waals surface area contributed by atoms with Gasteiger partial charge in [-0.05, 0) is 69.1 Å². The third kappa shape index (κ3) is 59.6. The second-order valence-electron chi connectivity index (χ2n) is 24.8. The zero-order chi connectivity index (χ0) is 64.5. The molecule has 0 aromatic heterocycles. The Morgan fingerprint density at radius 2 is 0.678 bits per heavy atom. The number of hydrogen-bond donors (Lipinski definition) is 3. The number of rotatable bonds is 64. The van der Waals surface area contributed by atoms with Gasteiger partial charge >= 0.3 is 39.5 Å². The quantitative estimate of drug-likeness (QED) is 0.0169. The summed E-state index contributed by atoms with van der Waals surface area (Å²) >= 11 is 0. The number of carbonyl (C=O) groups is 4. The summed E-state index contributed by atoms with van der Waals surface area (Å²) in [6.45, 7) is 11.6. The van der Waals surface area contributed by atoms with Crippen LogP contribution in [0.4, 0.5) is 0 Å². The molecular weight excluding hydrogens is 1150 g/mol. The molecule has 0 aliphatic carbocycles. The van der Waals surface area contributed by atoms with Gasteiger partial charge in [-0.3, -0.25) is 37.3 Å². The molecule has 0 spiro atoms. The van der Waals surface area contributed by atoms with E-state index in [0.717, 1.165) is 127 Å². The van der Waals surface area contributed by atoms with E-state index in [1.165, 1.54) is 103 Å². The number of ether oxygens (including phenoxy) is 4. The van der Waals surface area contributed by atoms with Crippen LogP contribution in [0.25, 0.3) is 0 Å². The Kier molecular flexibility index (Phi) is 57.0. The van der Waals surface area contributed by atoms with Gasteiger partial charge in [0.2, 0.25) is 0 Å². The molecule has 0 aromatic carbocycles. The van der Waals surface area contributed by atoms with E-state index in [4.69, 9.17) is 37.0 Å². The molecule has 3 N–H and O–H groups in total. The molecule has 17 nitrogen and oxygen atoms in total. The first kappa shape index (κ1) is 84.5. The van der Waals surface area contributed by atoms with Crippen molar-refractivity contribution in [2.75, 3.05) is 39.6 Å². The lowest BCUT2D eigenvalue weighted by Crippen LogP contribution is -2.30. The molecule has 0 heterocycles. The standard InChI is InChI=1S/C68H128O17P2/c1-8-11-12-13-14-15-16-17-18-19-20-23-27-37-44-51-67(72)84-63(56-79-66(71)50-43-36-30-28-33-40-47-60(6)9-2)57-82-86(74,75)80-53-62(69)54-81-87(76,77)83-58-64(85-68(73)52-45-38-31-29-34-41-48-61(7)10-3)55-78-65(70)49-42-35-26-24-21-22-25-32-39-46-59(4)5/h15-18,59-64,69H,8-14,19-58H2,1-7H3,(H,74,75)(H,76,77)/b16-15-,18-17-/t60?,61?,62-,63+,64+/m0/s1. The minimum Gasteiger partial charge on any atom is -0.462 e. The van der Waals surface area contributed by atoms with Gasteiger partial charge in [0, 0.05) is 25.7 Å². The van der Waals surface area contributed by atoms with Gasteiger partial charge in [-0.15, -0.1) is 0 Å². The molecule has 0 aliphatic rings. The number of unbranched alkanes of at least 4 members (excludes halogenated alkanes) is 27. The second-order valence-corrected chi connectivity index (χ2v) is 27.7. The largest absolute Gasteiger partial charge is 0.472 e. The predicted molar refractivity (Wildman–Crippen MR) is 349 cm³/mol. The van der Waals surface area contributed by atoms with Crippen LogP contribution in [0.15, 0.2) is 24.3 Å². The van der Waals surface area contributed by atoms with Crippen LogP contribution in [0, 0.1) is 17.8 Å². The van der Waals surface area contributed by atoms with Crippen LogP contribution in [0.5, 0.6) is 0 Å². The van der Waals surface area contributed by atoms with Gasteiger partial charge < -0.3 is 33.8 Å².